The molecule has 6 rings (SSSR count). The van der Waals surface area contributed by atoms with Crippen LogP contribution in [-0.4, -0.2) is 165 Å². The minimum absolute atomic E-state index is 0.0402. The molecule has 0 bridgehead atoms. The number of aliphatic hydroxyl groups is 1. The van der Waals surface area contributed by atoms with Gasteiger partial charge in [0.2, 0.25) is 47.3 Å². The molecule has 1 aromatic heterocycles. The van der Waals surface area contributed by atoms with E-state index >= 15 is 0 Å². The van der Waals surface area contributed by atoms with E-state index in [4.69, 9.17) is 17.2 Å². The third-order valence-corrected chi connectivity index (χ3v) is 16.8. The second-order valence-corrected chi connectivity index (χ2v) is 23.7. The van der Waals surface area contributed by atoms with Crippen molar-refractivity contribution in [3.63, 3.8) is 0 Å². The molecule has 0 aliphatic carbocycles. The van der Waals surface area contributed by atoms with Crippen LogP contribution in [0.3, 0.4) is 0 Å². The van der Waals surface area contributed by atoms with Crippen molar-refractivity contribution >= 4 is 91.7 Å². The van der Waals surface area contributed by atoms with Crippen LogP contribution in [0.25, 0.3) is 10.9 Å². The van der Waals surface area contributed by atoms with Crippen molar-refractivity contribution in [2.24, 2.45) is 17.2 Å². The van der Waals surface area contributed by atoms with Crippen molar-refractivity contribution in [3.8, 4) is 5.75 Å². The highest BCUT2D eigenvalue weighted by atomic mass is 33.1. The molecule has 88 heavy (non-hydrogen) atoms. The number of primary amides is 1. The Bertz CT molecular complexity index is 3180. The van der Waals surface area contributed by atoms with Gasteiger partial charge in [-0.3, -0.25) is 38.4 Å². The third kappa shape index (κ3) is 21.3. The number of benzene rings is 4. The molecule has 1 aliphatic rings. The molecule has 0 spiro atoms. The SMILES string of the molecule is C[C@@H](O)[C@H]1NC(=O)[C@H](CCCCN)NC(=O)[C@H](Cc2c[nH]c3ccccc23)NC(=O)[C@H](CCCN)NC(=O)[C@H](Cc2ccccc2)NC(=O)[C@@H](NC(=O)[C@H](Cc2ccc(O)cc2)NC(N)=O)CSSC[C@@H](C(=O)O)NC(=O)[C@H](Cc2ccccc2)NC1=O. The van der Waals surface area contributed by atoms with Crippen LogP contribution in [0, 0.1) is 0 Å². The van der Waals surface area contributed by atoms with Crippen LogP contribution in [0.4, 0.5) is 4.79 Å². The fraction of sp³-hybridized carbons (Fsp3) is 0.400. The highest BCUT2D eigenvalue weighted by Crippen LogP contribution is 2.25. The number of carbonyl (C=O) groups is 10. The number of unbranched alkanes of at least 4 members (excludes halogenated alkanes) is 1. The van der Waals surface area contributed by atoms with Crippen LogP contribution in [0.1, 0.15) is 61.3 Å². The number of aromatic nitrogens is 1. The molecule has 28 heteroatoms. The Hall–Kier alpha value is -8.70. The molecular formula is C60H77N13O13S2. The number of para-hydroxylation sites is 1. The molecule has 2 heterocycles. The highest BCUT2D eigenvalue weighted by molar-refractivity contribution is 8.76. The zero-order chi connectivity index (χ0) is 63.7. The Kier molecular flexibility index (Phi) is 26.9. The topological polar surface area (TPSA) is 434 Å². The number of urea groups is 1. The Morgan fingerprint density at radius 3 is 1.66 bits per heavy atom. The maximum Gasteiger partial charge on any atom is 0.327 e. The third-order valence-electron chi connectivity index (χ3n) is 14.3. The Labute approximate surface area is 516 Å². The predicted octanol–water partition coefficient (Wildman–Crippen LogP) is -0.212. The first-order valence-corrected chi connectivity index (χ1v) is 31.2. The zero-order valence-electron chi connectivity index (χ0n) is 48.4. The highest BCUT2D eigenvalue weighted by Gasteiger charge is 2.37. The first kappa shape index (κ1) is 68.4. The van der Waals surface area contributed by atoms with Crippen LogP contribution >= 0.6 is 21.6 Å². The Balaban J connectivity index is 1.43. The van der Waals surface area contributed by atoms with Crippen molar-refractivity contribution in [1.82, 2.24) is 52.8 Å². The van der Waals surface area contributed by atoms with Crippen LogP contribution in [0.2, 0.25) is 0 Å². The molecule has 5 aromatic rings. The second-order valence-electron chi connectivity index (χ2n) is 21.2. The average molecular weight is 1250 g/mol. The summed E-state index contributed by atoms with van der Waals surface area (Å²) in [7, 11) is 1.77. The lowest BCUT2D eigenvalue weighted by Crippen LogP contribution is -2.62. The number of nitrogens with two attached hydrogens (primary N) is 3. The van der Waals surface area contributed by atoms with E-state index in [1.807, 2.05) is 6.07 Å². The molecule has 0 radical (unpaired) electrons. The number of aliphatic carboxylic acids is 1. The number of H-pyrrole nitrogens is 1. The molecule has 10 amide bonds. The van der Waals surface area contributed by atoms with Crippen LogP contribution in [0.15, 0.2) is 115 Å². The van der Waals surface area contributed by atoms with Crippen LogP contribution in [0.5, 0.6) is 5.75 Å². The summed E-state index contributed by atoms with van der Waals surface area (Å²) in [5.41, 5.74) is 20.2. The molecule has 472 valence electrons. The molecule has 19 N–H and O–H groups in total. The number of aromatic hydroxyl groups is 1. The van der Waals surface area contributed by atoms with Crippen molar-refractivity contribution in [2.45, 2.75) is 125 Å². The number of phenols is 1. The van der Waals surface area contributed by atoms with Gasteiger partial charge in [-0.05, 0) is 92.6 Å². The number of hydrogen-bond acceptors (Lipinski definition) is 16. The summed E-state index contributed by atoms with van der Waals surface area (Å²) in [6, 6.07) is 15.1. The first-order valence-electron chi connectivity index (χ1n) is 28.7. The van der Waals surface area contributed by atoms with Gasteiger partial charge in [-0.2, -0.15) is 0 Å². The molecule has 26 nitrogen and oxygen atoms in total. The van der Waals surface area contributed by atoms with Gasteiger partial charge in [0.15, 0.2) is 0 Å². The summed E-state index contributed by atoms with van der Waals surface area (Å²) in [6.07, 6.45) is 0.115. The number of carboxylic acids is 1. The number of carboxylic acid groups (broad SMARTS) is 1. The van der Waals surface area contributed by atoms with E-state index in [1.165, 1.54) is 31.2 Å². The van der Waals surface area contributed by atoms with Crippen molar-refractivity contribution in [3.05, 3.63) is 138 Å². The molecule has 1 saturated heterocycles. The number of aliphatic hydroxyl groups excluding tert-OH is 1. The van der Waals surface area contributed by atoms with Gasteiger partial charge in [-0.25, -0.2) is 9.59 Å². The van der Waals surface area contributed by atoms with Gasteiger partial charge in [0.05, 0.1) is 6.10 Å². The van der Waals surface area contributed by atoms with Gasteiger partial charge in [-0.15, -0.1) is 0 Å². The summed E-state index contributed by atoms with van der Waals surface area (Å²) >= 11 is 0. The van der Waals surface area contributed by atoms with Gasteiger partial charge in [0.1, 0.15) is 60.1 Å². The first-order chi connectivity index (χ1) is 42.2. The predicted molar refractivity (Wildman–Crippen MR) is 331 cm³/mol. The number of carbonyl (C=O) groups excluding carboxylic acids is 9. The Morgan fingerprint density at radius 2 is 1.08 bits per heavy atom. The summed E-state index contributed by atoms with van der Waals surface area (Å²) in [5, 5.41) is 55.7. The van der Waals surface area contributed by atoms with E-state index in [0.29, 0.717) is 39.6 Å². The van der Waals surface area contributed by atoms with Crippen LogP contribution < -0.4 is 65.1 Å². The normalized spacial score (nSPS) is 22.2. The van der Waals surface area contributed by atoms with Crippen molar-refractivity contribution in [1.29, 1.82) is 0 Å². The zero-order valence-corrected chi connectivity index (χ0v) is 50.0. The quantitative estimate of drug-likeness (QED) is 0.0354. The summed E-state index contributed by atoms with van der Waals surface area (Å²) in [6.45, 7) is 1.50. The lowest BCUT2D eigenvalue weighted by atomic mass is 10.0. The number of fused-ring (bicyclic) bond motifs is 1. The largest absolute Gasteiger partial charge is 0.508 e. The van der Waals surface area contributed by atoms with E-state index in [1.54, 1.807) is 85.1 Å². The van der Waals surface area contributed by atoms with Gasteiger partial charge >= 0.3 is 12.0 Å². The van der Waals surface area contributed by atoms with Crippen molar-refractivity contribution < 1.29 is 63.3 Å². The van der Waals surface area contributed by atoms with Crippen molar-refractivity contribution in [2.75, 3.05) is 24.6 Å². The van der Waals surface area contributed by atoms with E-state index in [0.717, 1.165) is 21.6 Å². The molecule has 0 unspecified atom stereocenters. The molecule has 4 aromatic carbocycles. The molecule has 0 saturated carbocycles. The fourth-order valence-corrected chi connectivity index (χ4v) is 11.9. The number of phenolic OH excluding ortho intramolecular Hbond substituents is 1. The van der Waals surface area contributed by atoms with Gasteiger partial charge in [0, 0.05) is 54.3 Å². The Morgan fingerprint density at radius 1 is 0.580 bits per heavy atom. The number of nitrogens with one attached hydrogen (secondary N) is 10. The maximum atomic E-state index is 14.9. The fourth-order valence-electron chi connectivity index (χ4n) is 9.59. The maximum absolute atomic E-state index is 14.9. The number of rotatable bonds is 20. The lowest BCUT2D eigenvalue weighted by molar-refractivity contribution is -0.141. The number of amides is 10. The number of aromatic amines is 1. The summed E-state index contributed by atoms with van der Waals surface area (Å²) in [5.74, 6) is -9.65. The molecule has 1 fully saturated rings. The second kappa shape index (κ2) is 34.6. The van der Waals surface area contributed by atoms with Gasteiger partial charge < -0.3 is 85.4 Å². The van der Waals surface area contributed by atoms with E-state index < -0.39 is 120 Å². The summed E-state index contributed by atoms with van der Waals surface area (Å²) < 4.78 is 0. The summed E-state index contributed by atoms with van der Waals surface area (Å²) in [4.78, 5) is 145. The van der Waals surface area contributed by atoms with Gasteiger partial charge in [-0.1, -0.05) is 113 Å². The molecule has 10 atom stereocenters. The van der Waals surface area contributed by atoms with Gasteiger partial charge in [0.25, 0.3) is 0 Å². The number of hydrogen-bond donors (Lipinski definition) is 16. The standard InChI is InChI=1S/C60H77N13O13S2/c1-34(74)50-58(83)69-45(28-36-15-6-3-7-16-36)54(79)71-49(59(84)85)33-88-87-32-48(70-55(80)46(72-60(63)86)29-37-21-23-39(75)24-22-37)57(82)67-44(27-35-13-4-2-5-14-35)53(78)66-43(20-12-26-62)51(76)68-47(30-38-31-64-41-18-9-8-17-40(38)41)56(81)65-42(52(77)73-50)19-10-11-25-61/h2-9,13-18,21-24,31,34,42-50,64,74-75H,10-12,19-20,25-30,32-33,61-62H2,1H3,(H,65,81)(H,66,78)(H,67,82)(H,68,76)(H,69,83)(H,70,80)(H,71,79)(H,73,77)(H,84,85)(H3,63,72,86)/t34-,42+,43+,44+,45+,46+,47+,48+,49+,50-/m1/s1. The minimum atomic E-state index is -1.76. The van der Waals surface area contributed by atoms with E-state index in [-0.39, 0.29) is 81.7 Å². The minimum Gasteiger partial charge on any atom is -0.508 e. The van der Waals surface area contributed by atoms with E-state index in [2.05, 4.69) is 52.8 Å². The van der Waals surface area contributed by atoms with Crippen LogP contribution in [-0.2, 0) is 68.8 Å². The monoisotopic (exact) mass is 1250 g/mol. The van der Waals surface area contributed by atoms with E-state index in [9.17, 15) is 63.3 Å². The average Bonchev–Trinajstić information content (AvgIpc) is 3.91. The lowest BCUT2D eigenvalue weighted by Gasteiger charge is -2.29. The smallest absolute Gasteiger partial charge is 0.327 e. The molecular weight excluding hydrogens is 1170 g/mol. The molecule has 1 aliphatic heterocycles.